The number of carboxylic acids is 4. The molecule has 0 amide bonds. The number of aliphatic hydroxyl groups excluding tert-OH is 5. The zero-order valence-corrected chi connectivity index (χ0v) is 15.7. The lowest BCUT2D eigenvalue weighted by Crippen LogP contribution is -2.58. The quantitative estimate of drug-likeness (QED) is 0.207. The Bertz CT molecular complexity index is 383. The standard InChI is InChI=1S/C6H12O6.4C2H4O2/c7-1-2-3(8)4(9)5(10)6(11)12-2;4*1-2(3)4/h2-11H,1H2;4*1H3,(H,3,4)/t2-,3+,4+,5-,6+;;;;/m1..../s1. The third kappa shape index (κ3) is 31.4. The molecule has 1 saturated heterocycles. The summed E-state index contributed by atoms with van der Waals surface area (Å²) in [6.07, 6.45) is -7.04. The van der Waals surface area contributed by atoms with E-state index >= 15 is 0 Å². The van der Waals surface area contributed by atoms with E-state index < -0.39 is 61.2 Å². The van der Waals surface area contributed by atoms with Gasteiger partial charge >= 0.3 is 0 Å². The zero-order valence-electron chi connectivity index (χ0n) is 15.7. The van der Waals surface area contributed by atoms with Gasteiger partial charge in [0.15, 0.2) is 6.29 Å². The van der Waals surface area contributed by atoms with Crippen LogP contribution in [0.15, 0.2) is 0 Å². The van der Waals surface area contributed by atoms with Crippen LogP contribution >= 0.6 is 0 Å². The average Bonchev–Trinajstić information content (AvgIpc) is 2.46. The molecule has 0 unspecified atom stereocenters. The molecule has 28 heavy (non-hydrogen) atoms. The van der Waals surface area contributed by atoms with E-state index in [0.29, 0.717) is 0 Å². The first-order chi connectivity index (χ1) is 12.5. The van der Waals surface area contributed by atoms with Gasteiger partial charge in [-0.25, -0.2) is 0 Å². The Balaban J connectivity index is -0.000000150. The second-order valence-electron chi connectivity index (χ2n) is 4.80. The highest BCUT2D eigenvalue weighted by Crippen LogP contribution is 2.18. The minimum absolute atomic E-state index is 0.526. The number of hydrogen-bond donors (Lipinski definition) is 9. The first-order valence-electron chi connectivity index (χ1n) is 7.27. The molecule has 1 heterocycles. The molecule has 1 fully saturated rings. The number of aliphatic hydroxyl groups is 5. The maximum absolute atomic E-state index is 9.12. The van der Waals surface area contributed by atoms with Gasteiger partial charge in [-0.3, -0.25) is 19.2 Å². The van der Waals surface area contributed by atoms with E-state index in [0.717, 1.165) is 27.7 Å². The molecule has 168 valence electrons. The Morgan fingerprint density at radius 1 is 0.643 bits per heavy atom. The molecule has 14 heteroatoms. The third-order valence-electron chi connectivity index (χ3n) is 1.87. The van der Waals surface area contributed by atoms with Crippen molar-refractivity contribution in [1.29, 1.82) is 0 Å². The molecule has 14 nitrogen and oxygen atoms in total. The maximum atomic E-state index is 9.12. The van der Waals surface area contributed by atoms with Gasteiger partial charge in [0.1, 0.15) is 24.4 Å². The van der Waals surface area contributed by atoms with Crippen molar-refractivity contribution in [2.75, 3.05) is 6.61 Å². The van der Waals surface area contributed by atoms with Crippen LogP contribution in [-0.4, -0.2) is 107 Å². The summed E-state index contributed by atoms with van der Waals surface area (Å²) in [6.45, 7) is 3.81. The van der Waals surface area contributed by atoms with E-state index in [2.05, 4.69) is 4.74 Å². The molecule has 0 aromatic heterocycles. The summed E-state index contributed by atoms with van der Waals surface area (Å²) in [4.78, 5) is 36.0. The summed E-state index contributed by atoms with van der Waals surface area (Å²) < 4.78 is 4.58. The normalized spacial score (nSPS) is 24.7. The third-order valence-corrected chi connectivity index (χ3v) is 1.87. The van der Waals surface area contributed by atoms with E-state index in [4.69, 9.17) is 65.1 Å². The SMILES string of the molecule is CC(=O)O.CC(=O)O.CC(=O)O.CC(=O)O.OC[C@H]1O[C@H](O)[C@H](O)[C@@H](O)[C@H]1O. The fourth-order valence-electron chi connectivity index (χ4n) is 1.08. The topological polar surface area (TPSA) is 260 Å². The van der Waals surface area contributed by atoms with Crippen LogP contribution in [0, 0.1) is 0 Å². The number of hydrogen-bond acceptors (Lipinski definition) is 10. The van der Waals surface area contributed by atoms with Crippen molar-refractivity contribution in [1.82, 2.24) is 0 Å². The van der Waals surface area contributed by atoms with E-state index in [1.807, 2.05) is 0 Å². The van der Waals surface area contributed by atoms with Gasteiger partial charge in [-0.2, -0.15) is 0 Å². The lowest BCUT2D eigenvalue weighted by atomic mass is 10.00. The predicted octanol–water partition coefficient (Wildman–Crippen LogP) is -2.86. The maximum Gasteiger partial charge on any atom is 0.300 e. The highest BCUT2D eigenvalue weighted by Gasteiger charge is 2.42. The molecule has 1 aliphatic rings. The van der Waals surface area contributed by atoms with Gasteiger partial charge in [0.05, 0.1) is 6.61 Å². The van der Waals surface area contributed by atoms with Crippen LogP contribution in [-0.2, 0) is 23.9 Å². The molecule has 5 atom stereocenters. The van der Waals surface area contributed by atoms with Crippen molar-refractivity contribution < 1.29 is 69.9 Å². The highest BCUT2D eigenvalue weighted by molar-refractivity contribution is 5.63. The molecule has 1 aliphatic heterocycles. The van der Waals surface area contributed by atoms with Gasteiger partial charge in [0, 0.05) is 27.7 Å². The van der Waals surface area contributed by atoms with Crippen molar-refractivity contribution in [2.24, 2.45) is 0 Å². The molecule has 1 rings (SSSR count). The Morgan fingerprint density at radius 2 is 0.893 bits per heavy atom. The molecule has 0 spiro atoms. The van der Waals surface area contributed by atoms with Crippen molar-refractivity contribution >= 4 is 23.9 Å². The predicted molar refractivity (Wildman–Crippen MR) is 89.2 cm³/mol. The second-order valence-corrected chi connectivity index (χ2v) is 4.80. The molecule has 9 N–H and O–H groups in total. The molecule has 0 radical (unpaired) electrons. The van der Waals surface area contributed by atoms with E-state index in [1.165, 1.54) is 0 Å². The van der Waals surface area contributed by atoms with Crippen molar-refractivity contribution in [2.45, 2.75) is 58.4 Å². The summed E-state index contributed by atoms with van der Waals surface area (Å²) in [6, 6.07) is 0. The van der Waals surface area contributed by atoms with Gasteiger partial charge in [-0.15, -0.1) is 0 Å². The number of carbonyl (C=O) groups is 4. The minimum Gasteiger partial charge on any atom is -0.481 e. The largest absolute Gasteiger partial charge is 0.481 e. The van der Waals surface area contributed by atoms with Gasteiger partial charge in [-0.05, 0) is 0 Å². The molecule has 0 saturated carbocycles. The van der Waals surface area contributed by atoms with Gasteiger partial charge < -0.3 is 50.7 Å². The molecule has 0 aromatic rings. The second kappa shape index (κ2) is 19.4. The van der Waals surface area contributed by atoms with Crippen LogP contribution in [0.1, 0.15) is 27.7 Å². The Labute approximate surface area is 159 Å². The van der Waals surface area contributed by atoms with Crippen LogP contribution in [0.3, 0.4) is 0 Å². The molecule has 0 aliphatic carbocycles. The summed E-state index contributed by atoms with van der Waals surface area (Å²) in [5.41, 5.74) is 0. The van der Waals surface area contributed by atoms with Crippen LogP contribution in [0.2, 0.25) is 0 Å². The number of ether oxygens (including phenoxy) is 1. The minimum atomic E-state index is -1.57. The van der Waals surface area contributed by atoms with Crippen molar-refractivity contribution in [3.63, 3.8) is 0 Å². The fourth-order valence-corrected chi connectivity index (χ4v) is 1.08. The van der Waals surface area contributed by atoms with E-state index in [-0.39, 0.29) is 0 Å². The number of rotatable bonds is 1. The summed E-state index contributed by atoms with van der Waals surface area (Å²) in [5, 5.41) is 74.3. The summed E-state index contributed by atoms with van der Waals surface area (Å²) in [5.74, 6) is -3.33. The van der Waals surface area contributed by atoms with Gasteiger partial charge in [-0.1, -0.05) is 0 Å². The molecule has 0 bridgehead atoms. The van der Waals surface area contributed by atoms with E-state index in [9.17, 15) is 0 Å². The van der Waals surface area contributed by atoms with Crippen LogP contribution in [0.4, 0.5) is 0 Å². The Hall–Kier alpha value is -2.36. The van der Waals surface area contributed by atoms with Gasteiger partial charge in [0.2, 0.25) is 0 Å². The monoisotopic (exact) mass is 420 g/mol. The Kier molecular flexibility index (Phi) is 23.0. The van der Waals surface area contributed by atoms with Crippen molar-refractivity contribution in [3.05, 3.63) is 0 Å². The molecular formula is C14H28O14. The van der Waals surface area contributed by atoms with E-state index in [1.54, 1.807) is 0 Å². The first kappa shape index (κ1) is 33.2. The first-order valence-corrected chi connectivity index (χ1v) is 7.27. The summed E-state index contributed by atoms with van der Waals surface area (Å²) in [7, 11) is 0. The van der Waals surface area contributed by atoms with Gasteiger partial charge in [0.25, 0.3) is 23.9 Å². The van der Waals surface area contributed by atoms with Crippen LogP contribution < -0.4 is 0 Å². The fraction of sp³-hybridized carbons (Fsp3) is 0.714. The zero-order chi connectivity index (χ0) is 23.6. The number of carboxylic acid groups (broad SMARTS) is 4. The van der Waals surface area contributed by atoms with Crippen molar-refractivity contribution in [3.8, 4) is 0 Å². The average molecular weight is 420 g/mol. The van der Waals surface area contributed by atoms with Crippen LogP contribution in [0.5, 0.6) is 0 Å². The molecular weight excluding hydrogens is 392 g/mol. The lowest BCUT2D eigenvalue weighted by molar-refractivity contribution is -0.286. The highest BCUT2D eigenvalue weighted by atomic mass is 16.6. The number of aliphatic carboxylic acids is 4. The lowest BCUT2D eigenvalue weighted by Gasteiger charge is -2.37. The van der Waals surface area contributed by atoms with Crippen LogP contribution in [0.25, 0.3) is 0 Å². The Morgan fingerprint density at radius 3 is 1.11 bits per heavy atom. The smallest absolute Gasteiger partial charge is 0.300 e. The summed E-state index contributed by atoms with van der Waals surface area (Å²) >= 11 is 0. The molecule has 0 aromatic carbocycles.